The zero-order valence-corrected chi connectivity index (χ0v) is 17.3. The van der Waals surface area contributed by atoms with Crippen LogP contribution in [0.25, 0.3) is 22.6 Å². The van der Waals surface area contributed by atoms with Gasteiger partial charge in [-0.25, -0.2) is 9.97 Å². The number of hydrogen-bond acceptors (Lipinski definition) is 5. The number of thiazole rings is 1. The lowest BCUT2D eigenvalue weighted by Gasteiger charge is -2.05. The first-order valence-electron chi connectivity index (χ1n) is 9.10. The number of rotatable bonds is 6. The van der Waals surface area contributed by atoms with Gasteiger partial charge in [0.2, 0.25) is 5.91 Å². The Kier molecular flexibility index (Phi) is 5.74. The van der Waals surface area contributed by atoms with E-state index in [0.717, 1.165) is 27.5 Å². The van der Waals surface area contributed by atoms with Crippen LogP contribution in [0.3, 0.4) is 0 Å². The van der Waals surface area contributed by atoms with Gasteiger partial charge in [-0.15, -0.1) is 11.3 Å². The quantitative estimate of drug-likeness (QED) is 0.413. The number of nitrogens with one attached hydrogen (secondary N) is 1. The fraction of sp³-hybridized carbons (Fsp3) is 0.136. The Morgan fingerprint density at radius 3 is 2.52 bits per heavy atom. The fourth-order valence-corrected chi connectivity index (χ4v) is 3.59. The molecule has 2 aromatic carbocycles. The summed E-state index contributed by atoms with van der Waals surface area (Å²) >= 11 is 7.52. The molecule has 1 amide bonds. The van der Waals surface area contributed by atoms with Crippen molar-refractivity contribution >= 4 is 34.5 Å². The third-order valence-corrected chi connectivity index (χ3v) is 5.36. The van der Waals surface area contributed by atoms with Gasteiger partial charge in [-0.1, -0.05) is 23.7 Å². The minimum atomic E-state index is -0.0894. The Labute approximate surface area is 177 Å². The lowest BCUT2D eigenvalue weighted by Crippen LogP contribution is -2.12. The van der Waals surface area contributed by atoms with Crippen molar-refractivity contribution in [3.8, 4) is 22.6 Å². The van der Waals surface area contributed by atoms with Gasteiger partial charge < -0.3 is 9.73 Å². The van der Waals surface area contributed by atoms with E-state index in [2.05, 4.69) is 15.3 Å². The zero-order valence-electron chi connectivity index (χ0n) is 15.7. The molecule has 0 bridgehead atoms. The smallest absolute Gasteiger partial charge is 0.224 e. The van der Waals surface area contributed by atoms with E-state index in [4.69, 9.17) is 16.0 Å². The van der Waals surface area contributed by atoms with E-state index < -0.39 is 0 Å². The van der Waals surface area contributed by atoms with Gasteiger partial charge in [0.15, 0.2) is 11.7 Å². The molecular weight excluding hydrogens is 406 g/mol. The van der Waals surface area contributed by atoms with Crippen molar-refractivity contribution < 1.29 is 9.21 Å². The molecule has 0 saturated carbocycles. The van der Waals surface area contributed by atoms with Crippen LogP contribution < -0.4 is 5.32 Å². The largest absolute Gasteiger partial charge is 0.441 e. The maximum absolute atomic E-state index is 12.3. The minimum absolute atomic E-state index is 0.0894. The first-order valence-corrected chi connectivity index (χ1v) is 10.4. The molecular formula is C22H18ClN3O2S. The van der Waals surface area contributed by atoms with E-state index in [0.29, 0.717) is 23.1 Å². The van der Waals surface area contributed by atoms with Crippen molar-refractivity contribution in [1.29, 1.82) is 0 Å². The number of aryl methyl sites for hydroxylation is 2. The molecule has 0 spiro atoms. The predicted molar refractivity (Wildman–Crippen MR) is 116 cm³/mol. The summed E-state index contributed by atoms with van der Waals surface area (Å²) in [4.78, 5) is 21.0. The highest BCUT2D eigenvalue weighted by Crippen LogP contribution is 2.24. The number of benzene rings is 2. The van der Waals surface area contributed by atoms with Crippen LogP contribution in [0.2, 0.25) is 5.02 Å². The number of carbonyl (C=O) groups excluding carboxylic acids is 1. The molecule has 7 heteroatoms. The number of anilines is 1. The summed E-state index contributed by atoms with van der Waals surface area (Å²) in [6.45, 7) is 1.98. The van der Waals surface area contributed by atoms with Crippen molar-refractivity contribution in [3.05, 3.63) is 76.0 Å². The second-order valence-corrected chi connectivity index (χ2v) is 8.00. The molecule has 0 aliphatic carbocycles. The highest BCUT2D eigenvalue weighted by atomic mass is 35.5. The van der Waals surface area contributed by atoms with Crippen LogP contribution in [0.4, 0.5) is 5.69 Å². The number of nitrogens with zero attached hydrogens (tertiary/aromatic N) is 2. The maximum atomic E-state index is 12.3. The lowest BCUT2D eigenvalue weighted by molar-refractivity contribution is -0.116. The van der Waals surface area contributed by atoms with Crippen molar-refractivity contribution in [2.45, 2.75) is 19.8 Å². The van der Waals surface area contributed by atoms with E-state index in [1.54, 1.807) is 29.7 Å². The molecule has 146 valence electrons. The van der Waals surface area contributed by atoms with Crippen LogP contribution in [0, 0.1) is 6.92 Å². The van der Waals surface area contributed by atoms with Crippen LogP contribution in [-0.4, -0.2) is 15.9 Å². The van der Waals surface area contributed by atoms with Gasteiger partial charge in [0.1, 0.15) is 0 Å². The second-order valence-electron chi connectivity index (χ2n) is 6.50. The average molecular weight is 424 g/mol. The molecule has 2 aromatic heterocycles. The van der Waals surface area contributed by atoms with Gasteiger partial charge in [0, 0.05) is 40.1 Å². The van der Waals surface area contributed by atoms with E-state index in [-0.39, 0.29) is 12.3 Å². The number of aromatic nitrogens is 2. The molecule has 0 unspecified atom stereocenters. The van der Waals surface area contributed by atoms with Gasteiger partial charge in [-0.05, 0) is 43.3 Å². The number of amides is 1. The molecule has 0 fully saturated rings. The van der Waals surface area contributed by atoms with Crippen molar-refractivity contribution in [2.75, 3.05) is 5.32 Å². The molecule has 29 heavy (non-hydrogen) atoms. The normalized spacial score (nSPS) is 10.8. The molecule has 0 aliphatic rings. The van der Waals surface area contributed by atoms with E-state index >= 15 is 0 Å². The van der Waals surface area contributed by atoms with Gasteiger partial charge in [-0.2, -0.15) is 0 Å². The molecule has 0 radical (unpaired) electrons. The standard InChI is InChI=1S/C22H18ClN3O2S/c1-14-25-19(13-29-14)15-4-8-18(9-5-15)26-21(27)10-11-22-24-12-20(28-22)16-2-6-17(23)7-3-16/h2-9,12-13H,10-11H2,1H3,(H,26,27). The predicted octanol–water partition coefficient (Wildman–Crippen LogP) is 6.00. The lowest BCUT2D eigenvalue weighted by atomic mass is 10.1. The van der Waals surface area contributed by atoms with Crippen molar-refractivity contribution in [2.24, 2.45) is 0 Å². The highest BCUT2D eigenvalue weighted by Gasteiger charge is 2.10. The summed E-state index contributed by atoms with van der Waals surface area (Å²) in [5.41, 5.74) is 3.63. The Morgan fingerprint density at radius 1 is 1.10 bits per heavy atom. The van der Waals surface area contributed by atoms with Gasteiger partial charge in [0.05, 0.1) is 16.9 Å². The van der Waals surface area contributed by atoms with Crippen LogP contribution >= 0.6 is 22.9 Å². The average Bonchev–Trinajstić information content (AvgIpc) is 3.37. The Balaban J connectivity index is 1.31. The SMILES string of the molecule is Cc1nc(-c2ccc(NC(=O)CCc3ncc(-c4ccc(Cl)cc4)o3)cc2)cs1. The van der Waals surface area contributed by atoms with Crippen LogP contribution in [0.15, 0.2) is 64.5 Å². The third kappa shape index (κ3) is 4.91. The third-order valence-electron chi connectivity index (χ3n) is 4.33. The maximum Gasteiger partial charge on any atom is 0.224 e. The van der Waals surface area contributed by atoms with E-state index in [1.165, 1.54) is 0 Å². The first-order chi connectivity index (χ1) is 14.1. The van der Waals surface area contributed by atoms with E-state index in [9.17, 15) is 4.79 Å². The molecule has 0 aliphatic heterocycles. The highest BCUT2D eigenvalue weighted by molar-refractivity contribution is 7.09. The van der Waals surface area contributed by atoms with Crippen molar-refractivity contribution in [1.82, 2.24) is 9.97 Å². The molecule has 0 atom stereocenters. The van der Waals surface area contributed by atoms with Gasteiger partial charge in [0.25, 0.3) is 0 Å². The molecule has 4 rings (SSSR count). The summed E-state index contributed by atoms with van der Waals surface area (Å²) in [6, 6.07) is 15.0. The Morgan fingerprint density at radius 2 is 1.83 bits per heavy atom. The second kappa shape index (κ2) is 8.59. The summed E-state index contributed by atoms with van der Waals surface area (Å²) < 4.78 is 5.74. The Hall–Kier alpha value is -2.96. The minimum Gasteiger partial charge on any atom is -0.441 e. The van der Waals surface area contributed by atoms with Crippen molar-refractivity contribution in [3.63, 3.8) is 0 Å². The summed E-state index contributed by atoms with van der Waals surface area (Å²) in [6.07, 6.45) is 2.37. The Bertz CT molecular complexity index is 1120. The molecule has 4 aromatic rings. The molecule has 5 nitrogen and oxygen atoms in total. The van der Waals surface area contributed by atoms with E-state index in [1.807, 2.05) is 48.7 Å². The monoisotopic (exact) mass is 423 g/mol. The van der Waals surface area contributed by atoms with Crippen LogP contribution in [0.1, 0.15) is 17.3 Å². The zero-order chi connectivity index (χ0) is 20.2. The summed E-state index contributed by atoms with van der Waals surface area (Å²) in [7, 11) is 0. The number of carbonyl (C=O) groups is 1. The number of oxazole rings is 1. The number of halogens is 1. The van der Waals surface area contributed by atoms with Crippen LogP contribution in [0.5, 0.6) is 0 Å². The summed E-state index contributed by atoms with van der Waals surface area (Å²) in [5, 5.41) is 6.62. The summed E-state index contributed by atoms with van der Waals surface area (Å²) in [5.74, 6) is 1.10. The molecule has 2 heterocycles. The topological polar surface area (TPSA) is 68.0 Å². The molecule has 1 N–H and O–H groups in total. The molecule has 0 saturated heterocycles. The fourth-order valence-electron chi connectivity index (χ4n) is 2.84. The van der Waals surface area contributed by atoms with Crippen LogP contribution in [-0.2, 0) is 11.2 Å². The number of hydrogen-bond donors (Lipinski definition) is 1. The van der Waals surface area contributed by atoms with Gasteiger partial charge in [-0.3, -0.25) is 4.79 Å². The first kappa shape index (κ1) is 19.4. The van der Waals surface area contributed by atoms with Gasteiger partial charge >= 0.3 is 0 Å².